The van der Waals surface area contributed by atoms with Gasteiger partial charge in [0.2, 0.25) is 0 Å². The van der Waals surface area contributed by atoms with Gasteiger partial charge in [-0.3, -0.25) is 4.79 Å². The van der Waals surface area contributed by atoms with Gasteiger partial charge >= 0.3 is 0 Å². The van der Waals surface area contributed by atoms with Crippen molar-refractivity contribution in [1.82, 2.24) is 0 Å². The van der Waals surface area contributed by atoms with Crippen LogP contribution < -0.4 is 0 Å². The number of ketones is 1. The highest BCUT2D eigenvalue weighted by Gasteiger charge is 2.15. The Bertz CT molecular complexity index is 368. The molecule has 0 unspecified atom stereocenters. The summed E-state index contributed by atoms with van der Waals surface area (Å²) in [6, 6.07) is 7.16. The lowest BCUT2D eigenvalue weighted by Gasteiger charge is -2.07. The second kappa shape index (κ2) is 6.46. The van der Waals surface area contributed by atoms with Gasteiger partial charge in [-0.2, -0.15) is 11.8 Å². The van der Waals surface area contributed by atoms with Crippen molar-refractivity contribution in [3.63, 3.8) is 0 Å². The quantitative estimate of drug-likeness (QED) is 0.734. The summed E-state index contributed by atoms with van der Waals surface area (Å²) in [7, 11) is 0. The van der Waals surface area contributed by atoms with Gasteiger partial charge in [0.1, 0.15) is 0 Å². The van der Waals surface area contributed by atoms with Crippen LogP contribution in [0.4, 0.5) is 0 Å². The van der Waals surface area contributed by atoms with Crippen LogP contribution in [-0.2, 0) is 0 Å². The molecule has 0 atom stereocenters. The van der Waals surface area contributed by atoms with Crippen molar-refractivity contribution in [3.05, 3.63) is 34.9 Å². The molecule has 0 radical (unpaired) electrons. The minimum atomic E-state index is 0.213. The molecule has 1 aromatic rings. The Balaban J connectivity index is 1.75. The van der Waals surface area contributed by atoms with Gasteiger partial charge in [0.05, 0.1) is 5.75 Å². The van der Waals surface area contributed by atoms with E-state index in [9.17, 15) is 4.79 Å². The normalized spacial score (nSPS) is 16.3. The minimum absolute atomic E-state index is 0.213. The highest BCUT2D eigenvalue weighted by Crippen LogP contribution is 2.28. The van der Waals surface area contributed by atoms with Crippen molar-refractivity contribution in [3.8, 4) is 0 Å². The number of rotatable bonds is 5. The van der Waals surface area contributed by atoms with Crippen LogP contribution in [-0.4, -0.2) is 17.3 Å². The van der Waals surface area contributed by atoms with Crippen LogP contribution in [0.2, 0.25) is 5.02 Å². The fourth-order valence-corrected chi connectivity index (χ4v) is 3.48. The maximum atomic E-state index is 11.9. The lowest BCUT2D eigenvalue weighted by Crippen LogP contribution is -2.05. The van der Waals surface area contributed by atoms with Crippen LogP contribution in [0.1, 0.15) is 36.0 Å². The van der Waals surface area contributed by atoms with Gasteiger partial charge in [-0.15, -0.1) is 0 Å². The van der Waals surface area contributed by atoms with E-state index in [-0.39, 0.29) is 5.78 Å². The Labute approximate surface area is 112 Å². The number of benzene rings is 1. The van der Waals surface area contributed by atoms with E-state index in [0.29, 0.717) is 10.8 Å². The Morgan fingerprint density at radius 2 is 1.88 bits per heavy atom. The second-order valence-electron chi connectivity index (χ2n) is 4.60. The zero-order valence-corrected chi connectivity index (χ0v) is 11.4. The zero-order valence-electron chi connectivity index (χ0n) is 9.82. The molecule has 0 bridgehead atoms. The number of halogens is 1. The van der Waals surface area contributed by atoms with E-state index in [1.807, 2.05) is 0 Å². The third-order valence-electron chi connectivity index (χ3n) is 3.23. The average molecular weight is 269 g/mol. The summed E-state index contributed by atoms with van der Waals surface area (Å²) in [5, 5.41) is 0.681. The monoisotopic (exact) mass is 268 g/mol. The van der Waals surface area contributed by atoms with Crippen LogP contribution in [0, 0.1) is 5.92 Å². The highest BCUT2D eigenvalue weighted by atomic mass is 35.5. The van der Waals surface area contributed by atoms with E-state index in [1.165, 1.54) is 25.7 Å². The summed E-state index contributed by atoms with van der Waals surface area (Å²) in [4.78, 5) is 11.9. The molecule has 1 nitrogen and oxygen atoms in total. The van der Waals surface area contributed by atoms with E-state index in [0.717, 1.165) is 17.2 Å². The van der Waals surface area contributed by atoms with Crippen molar-refractivity contribution in [1.29, 1.82) is 0 Å². The summed E-state index contributed by atoms with van der Waals surface area (Å²) < 4.78 is 0. The maximum Gasteiger partial charge on any atom is 0.172 e. The van der Waals surface area contributed by atoms with E-state index in [2.05, 4.69) is 0 Å². The molecule has 1 saturated carbocycles. The summed E-state index contributed by atoms with van der Waals surface area (Å²) in [6.45, 7) is 0. The van der Waals surface area contributed by atoms with Crippen molar-refractivity contribution in [2.24, 2.45) is 5.92 Å². The van der Waals surface area contributed by atoms with E-state index in [1.54, 1.807) is 36.0 Å². The Kier molecular flexibility index (Phi) is 4.93. The van der Waals surface area contributed by atoms with Gasteiger partial charge < -0.3 is 0 Å². The lowest BCUT2D eigenvalue weighted by atomic mass is 10.1. The van der Waals surface area contributed by atoms with Crippen LogP contribution in [0.3, 0.4) is 0 Å². The molecule has 0 aliphatic heterocycles. The molecule has 2 rings (SSSR count). The third kappa shape index (κ3) is 4.04. The number of carbonyl (C=O) groups is 1. The number of hydrogen-bond acceptors (Lipinski definition) is 2. The van der Waals surface area contributed by atoms with Gasteiger partial charge in [-0.05, 0) is 48.8 Å². The first-order valence-corrected chi connectivity index (χ1v) is 7.65. The van der Waals surface area contributed by atoms with Crippen molar-refractivity contribution < 1.29 is 4.79 Å². The molecule has 17 heavy (non-hydrogen) atoms. The average Bonchev–Trinajstić information content (AvgIpc) is 2.83. The predicted octanol–water partition coefficient (Wildman–Crippen LogP) is 4.45. The molecule has 92 valence electrons. The van der Waals surface area contributed by atoms with E-state index < -0.39 is 0 Å². The van der Waals surface area contributed by atoms with Gasteiger partial charge in [-0.25, -0.2) is 0 Å². The molecule has 0 saturated heterocycles. The van der Waals surface area contributed by atoms with Crippen LogP contribution in [0.25, 0.3) is 0 Å². The molecule has 1 aromatic carbocycles. The smallest absolute Gasteiger partial charge is 0.172 e. The first-order chi connectivity index (χ1) is 8.25. The van der Waals surface area contributed by atoms with E-state index >= 15 is 0 Å². The number of carbonyl (C=O) groups excluding carboxylic acids is 1. The molecule has 3 heteroatoms. The van der Waals surface area contributed by atoms with Crippen LogP contribution in [0.15, 0.2) is 24.3 Å². The largest absolute Gasteiger partial charge is 0.293 e. The van der Waals surface area contributed by atoms with Crippen molar-refractivity contribution in [2.75, 3.05) is 11.5 Å². The van der Waals surface area contributed by atoms with Gasteiger partial charge in [-0.1, -0.05) is 24.4 Å². The first kappa shape index (κ1) is 13.0. The van der Waals surface area contributed by atoms with Crippen molar-refractivity contribution >= 4 is 29.1 Å². The van der Waals surface area contributed by atoms with Crippen LogP contribution in [0.5, 0.6) is 0 Å². The van der Waals surface area contributed by atoms with Gasteiger partial charge in [0.25, 0.3) is 0 Å². The molecule has 1 aliphatic carbocycles. The second-order valence-corrected chi connectivity index (χ2v) is 6.06. The zero-order chi connectivity index (χ0) is 12.1. The predicted molar refractivity (Wildman–Crippen MR) is 75.1 cm³/mol. The maximum absolute atomic E-state index is 11.9. The molecule has 1 fully saturated rings. The first-order valence-electron chi connectivity index (χ1n) is 6.12. The standard InChI is InChI=1S/C14H17ClOS/c15-13-7-5-12(6-8-13)14(16)10-17-9-11-3-1-2-4-11/h5-8,11H,1-4,9-10H2. The molecule has 1 aliphatic rings. The SMILES string of the molecule is O=C(CSCC1CCCC1)c1ccc(Cl)cc1. The van der Waals surface area contributed by atoms with Gasteiger partial charge in [0.15, 0.2) is 5.78 Å². The Morgan fingerprint density at radius 3 is 2.53 bits per heavy atom. The minimum Gasteiger partial charge on any atom is -0.293 e. The molecular weight excluding hydrogens is 252 g/mol. The topological polar surface area (TPSA) is 17.1 Å². The van der Waals surface area contributed by atoms with Crippen LogP contribution >= 0.6 is 23.4 Å². The number of thioether (sulfide) groups is 1. The fraction of sp³-hybridized carbons (Fsp3) is 0.500. The lowest BCUT2D eigenvalue weighted by molar-refractivity contribution is 0.102. The third-order valence-corrected chi connectivity index (χ3v) is 4.65. The molecule has 0 N–H and O–H groups in total. The fourth-order valence-electron chi connectivity index (χ4n) is 2.21. The number of hydrogen-bond donors (Lipinski definition) is 0. The van der Waals surface area contributed by atoms with E-state index in [4.69, 9.17) is 11.6 Å². The highest BCUT2D eigenvalue weighted by molar-refractivity contribution is 7.99. The number of Topliss-reactive ketones (excluding diaryl/α,β-unsaturated/α-hetero) is 1. The summed E-state index contributed by atoms with van der Waals surface area (Å²) >= 11 is 7.57. The molecular formula is C14H17ClOS. The molecule has 0 spiro atoms. The molecule has 0 aromatic heterocycles. The summed E-state index contributed by atoms with van der Waals surface area (Å²) in [5.74, 6) is 2.79. The van der Waals surface area contributed by atoms with Crippen molar-refractivity contribution in [2.45, 2.75) is 25.7 Å². The van der Waals surface area contributed by atoms with Gasteiger partial charge in [0, 0.05) is 10.6 Å². The summed E-state index contributed by atoms with van der Waals surface area (Å²) in [6.07, 6.45) is 5.44. The Hall–Kier alpha value is -0.470. The molecule has 0 amide bonds. The summed E-state index contributed by atoms with van der Waals surface area (Å²) in [5.41, 5.74) is 0.772. The molecule has 0 heterocycles. The Morgan fingerprint density at radius 1 is 1.24 bits per heavy atom.